The van der Waals surface area contributed by atoms with Crippen LogP contribution in [0.25, 0.3) is 11.6 Å². The number of carboxylic acid groups (broad SMARTS) is 1. The summed E-state index contributed by atoms with van der Waals surface area (Å²) in [6.45, 7) is 0. The largest absolute Gasteiger partial charge is 0.497 e. The molecule has 0 aromatic heterocycles. The molecule has 0 bridgehead atoms. The molecule has 0 saturated heterocycles. The Morgan fingerprint density at radius 3 is 2.50 bits per heavy atom. The summed E-state index contributed by atoms with van der Waals surface area (Å²) >= 11 is 5.94. The number of methoxy groups -OCH3 is 2. The quantitative estimate of drug-likeness (QED) is 0.669. The van der Waals surface area contributed by atoms with Crippen LogP contribution in [0.2, 0.25) is 5.02 Å². The monoisotopic (exact) mass is 318 g/mol. The van der Waals surface area contributed by atoms with Gasteiger partial charge in [0.25, 0.3) is 0 Å². The van der Waals surface area contributed by atoms with Gasteiger partial charge in [-0.2, -0.15) is 0 Å². The molecule has 4 nitrogen and oxygen atoms in total. The molecule has 22 heavy (non-hydrogen) atoms. The first-order valence-electron chi connectivity index (χ1n) is 6.48. The van der Waals surface area contributed by atoms with E-state index in [1.54, 1.807) is 48.5 Å². The van der Waals surface area contributed by atoms with Crippen LogP contribution < -0.4 is 9.47 Å². The van der Waals surface area contributed by atoms with E-state index < -0.39 is 5.97 Å². The molecule has 0 fully saturated rings. The lowest BCUT2D eigenvalue weighted by Crippen LogP contribution is -2.02. The van der Waals surface area contributed by atoms with Crippen LogP contribution in [0, 0.1) is 0 Å². The van der Waals surface area contributed by atoms with Crippen LogP contribution in [0.3, 0.4) is 0 Å². The van der Waals surface area contributed by atoms with Crippen molar-refractivity contribution in [2.45, 2.75) is 0 Å². The van der Waals surface area contributed by atoms with E-state index in [1.165, 1.54) is 14.2 Å². The van der Waals surface area contributed by atoms with Crippen LogP contribution in [0.4, 0.5) is 0 Å². The first-order chi connectivity index (χ1) is 10.5. The Labute approximate surface area is 133 Å². The number of halogens is 1. The summed E-state index contributed by atoms with van der Waals surface area (Å²) < 4.78 is 10.4. The molecule has 2 aromatic rings. The molecule has 5 heteroatoms. The van der Waals surface area contributed by atoms with E-state index in [4.69, 9.17) is 21.1 Å². The fraction of sp³-hybridized carbons (Fsp3) is 0.118. The van der Waals surface area contributed by atoms with Gasteiger partial charge in [-0.25, -0.2) is 4.79 Å². The minimum absolute atomic E-state index is 0.0954. The van der Waals surface area contributed by atoms with Gasteiger partial charge in [-0.1, -0.05) is 23.7 Å². The Kier molecular flexibility index (Phi) is 5.07. The van der Waals surface area contributed by atoms with E-state index in [2.05, 4.69) is 0 Å². The maximum atomic E-state index is 11.7. The molecule has 0 atom stereocenters. The van der Waals surface area contributed by atoms with Crippen molar-refractivity contribution in [2.24, 2.45) is 0 Å². The normalized spacial score (nSPS) is 11.1. The lowest BCUT2D eigenvalue weighted by molar-refractivity contribution is -0.130. The number of rotatable bonds is 5. The fourth-order valence-corrected chi connectivity index (χ4v) is 2.24. The molecule has 0 unspecified atom stereocenters. The predicted octanol–water partition coefficient (Wildman–Crippen LogP) is 3.98. The van der Waals surface area contributed by atoms with E-state index >= 15 is 0 Å². The van der Waals surface area contributed by atoms with Crippen molar-refractivity contribution in [1.82, 2.24) is 0 Å². The second-order valence-electron chi connectivity index (χ2n) is 4.48. The van der Waals surface area contributed by atoms with E-state index in [0.717, 1.165) is 0 Å². The van der Waals surface area contributed by atoms with Gasteiger partial charge in [0.2, 0.25) is 0 Å². The highest BCUT2D eigenvalue weighted by Gasteiger charge is 2.16. The summed E-state index contributed by atoms with van der Waals surface area (Å²) in [6, 6.07) is 12.0. The van der Waals surface area contributed by atoms with Crippen LogP contribution in [0.5, 0.6) is 11.5 Å². The second-order valence-corrected chi connectivity index (χ2v) is 4.92. The van der Waals surface area contributed by atoms with Crippen molar-refractivity contribution in [3.63, 3.8) is 0 Å². The standard InChI is InChI=1S/C17H15ClO4/c1-21-13-6-7-16(22-2)14(10-13)15(17(19)20)9-11-4-3-5-12(18)8-11/h3-10H,1-2H3,(H,19,20)/b15-9-. The van der Waals surface area contributed by atoms with Crippen molar-refractivity contribution < 1.29 is 19.4 Å². The number of hydrogen-bond acceptors (Lipinski definition) is 3. The van der Waals surface area contributed by atoms with E-state index in [-0.39, 0.29) is 5.57 Å². The third-order valence-electron chi connectivity index (χ3n) is 3.09. The van der Waals surface area contributed by atoms with Gasteiger partial charge in [-0.15, -0.1) is 0 Å². The molecule has 2 rings (SSSR count). The second kappa shape index (κ2) is 7.00. The van der Waals surface area contributed by atoms with Crippen LogP contribution in [-0.2, 0) is 4.79 Å². The van der Waals surface area contributed by atoms with Crippen molar-refractivity contribution in [2.75, 3.05) is 14.2 Å². The Morgan fingerprint density at radius 2 is 1.91 bits per heavy atom. The Morgan fingerprint density at radius 1 is 1.14 bits per heavy atom. The number of ether oxygens (including phenoxy) is 2. The molecule has 0 saturated carbocycles. The number of carboxylic acids is 1. The highest BCUT2D eigenvalue weighted by molar-refractivity contribution is 6.30. The number of aliphatic carboxylic acids is 1. The molecule has 0 spiro atoms. The maximum absolute atomic E-state index is 11.7. The highest BCUT2D eigenvalue weighted by atomic mass is 35.5. The summed E-state index contributed by atoms with van der Waals surface area (Å²) in [5, 5.41) is 10.1. The van der Waals surface area contributed by atoms with Gasteiger partial charge in [0.05, 0.1) is 19.8 Å². The Balaban J connectivity index is 2.59. The third kappa shape index (κ3) is 3.59. The lowest BCUT2D eigenvalue weighted by atomic mass is 10.0. The molecular formula is C17H15ClO4. The van der Waals surface area contributed by atoms with Crippen molar-refractivity contribution in [3.05, 3.63) is 58.6 Å². The zero-order valence-corrected chi connectivity index (χ0v) is 12.9. The van der Waals surface area contributed by atoms with E-state index in [0.29, 0.717) is 27.6 Å². The zero-order chi connectivity index (χ0) is 16.1. The van der Waals surface area contributed by atoms with Crippen LogP contribution in [0.1, 0.15) is 11.1 Å². The molecule has 2 aromatic carbocycles. The van der Waals surface area contributed by atoms with Crippen LogP contribution in [-0.4, -0.2) is 25.3 Å². The maximum Gasteiger partial charge on any atom is 0.336 e. The molecule has 114 valence electrons. The van der Waals surface area contributed by atoms with Crippen molar-refractivity contribution in [1.29, 1.82) is 0 Å². The first kappa shape index (κ1) is 15.9. The van der Waals surface area contributed by atoms with Gasteiger partial charge in [0, 0.05) is 10.6 Å². The van der Waals surface area contributed by atoms with Crippen LogP contribution in [0.15, 0.2) is 42.5 Å². The number of hydrogen-bond donors (Lipinski definition) is 1. The minimum atomic E-state index is -1.06. The summed E-state index contributed by atoms with van der Waals surface area (Å²) in [4.78, 5) is 11.7. The average molecular weight is 319 g/mol. The average Bonchev–Trinajstić information content (AvgIpc) is 2.51. The molecular weight excluding hydrogens is 304 g/mol. The van der Waals surface area contributed by atoms with E-state index in [9.17, 15) is 9.90 Å². The van der Waals surface area contributed by atoms with Crippen molar-refractivity contribution >= 4 is 29.2 Å². The molecule has 0 radical (unpaired) electrons. The van der Waals surface area contributed by atoms with Gasteiger partial charge in [0.1, 0.15) is 11.5 Å². The fourth-order valence-electron chi connectivity index (χ4n) is 2.04. The van der Waals surface area contributed by atoms with E-state index in [1.807, 2.05) is 0 Å². The molecule has 1 N–H and O–H groups in total. The van der Waals surface area contributed by atoms with Crippen molar-refractivity contribution in [3.8, 4) is 11.5 Å². The summed E-state index contributed by atoms with van der Waals surface area (Å²) in [6.07, 6.45) is 1.55. The highest BCUT2D eigenvalue weighted by Crippen LogP contribution is 2.31. The number of carbonyl (C=O) groups is 1. The predicted molar refractivity (Wildman–Crippen MR) is 86.5 cm³/mol. The number of benzene rings is 2. The smallest absolute Gasteiger partial charge is 0.336 e. The first-order valence-corrected chi connectivity index (χ1v) is 6.86. The molecule has 0 heterocycles. The summed E-state index contributed by atoms with van der Waals surface area (Å²) in [5.74, 6) is -0.0583. The molecule has 0 aliphatic rings. The summed E-state index contributed by atoms with van der Waals surface area (Å²) in [5.41, 5.74) is 1.22. The minimum Gasteiger partial charge on any atom is -0.497 e. The third-order valence-corrected chi connectivity index (χ3v) is 3.32. The lowest BCUT2D eigenvalue weighted by Gasteiger charge is -2.11. The topological polar surface area (TPSA) is 55.8 Å². The molecule has 0 aliphatic carbocycles. The van der Waals surface area contributed by atoms with Gasteiger partial charge in [-0.05, 0) is 42.0 Å². The molecule has 0 amide bonds. The Hall–Kier alpha value is -2.46. The zero-order valence-electron chi connectivity index (χ0n) is 12.2. The van der Waals surface area contributed by atoms with Gasteiger partial charge in [-0.3, -0.25) is 0 Å². The van der Waals surface area contributed by atoms with Gasteiger partial charge >= 0.3 is 5.97 Å². The van der Waals surface area contributed by atoms with Crippen LogP contribution >= 0.6 is 11.6 Å². The summed E-state index contributed by atoms with van der Waals surface area (Å²) in [7, 11) is 3.01. The van der Waals surface area contributed by atoms with Gasteiger partial charge < -0.3 is 14.6 Å². The van der Waals surface area contributed by atoms with Gasteiger partial charge in [0.15, 0.2) is 0 Å². The Bertz CT molecular complexity index is 722. The molecule has 0 aliphatic heterocycles. The SMILES string of the molecule is COc1ccc(OC)c(/C(=C/c2cccc(Cl)c2)C(=O)O)c1.